The number of rotatable bonds is 11. The largest absolute Gasteiger partial charge is 0.484 e. The quantitative estimate of drug-likeness (QED) is 0.308. The second kappa shape index (κ2) is 11.8. The van der Waals surface area contributed by atoms with Gasteiger partial charge < -0.3 is 14.5 Å². The summed E-state index contributed by atoms with van der Waals surface area (Å²) in [5, 5.41) is 6.60. The van der Waals surface area contributed by atoms with E-state index in [0.29, 0.717) is 22.8 Å². The van der Waals surface area contributed by atoms with Crippen LogP contribution in [0, 0.1) is 0 Å². The lowest BCUT2D eigenvalue weighted by Crippen LogP contribution is -2.46. The molecule has 0 aliphatic carbocycles. The molecule has 0 radical (unpaired) electrons. The summed E-state index contributed by atoms with van der Waals surface area (Å²) in [6.45, 7) is 1.61. The molecule has 3 rings (SSSR count). The predicted octanol–water partition coefficient (Wildman–Crippen LogP) is 2.28. The molecular formula is C24H26N4O6S. The number of nitrogens with zero attached hydrogens (tertiary/aromatic N) is 2. The minimum Gasteiger partial charge on any atom is -0.484 e. The van der Waals surface area contributed by atoms with Gasteiger partial charge >= 0.3 is 0 Å². The molecule has 184 valence electrons. The van der Waals surface area contributed by atoms with Gasteiger partial charge in [-0.3, -0.25) is 13.9 Å². The summed E-state index contributed by atoms with van der Waals surface area (Å²) in [5.41, 5.74) is 3.41. The molecule has 0 fully saturated rings. The van der Waals surface area contributed by atoms with Gasteiger partial charge in [-0.2, -0.15) is 5.10 Å². The van der Waals surface area contributed by atoms with Crippen LogP contribution in [0.4, 0.5) is 5.69 Å². The molecule has 0 unspecified atom stereocenters. The second-order valence-corrected chi connectivity index (χ2v) is 9.38. The highest BCUT2D eigenvalue weighted by molar-refractivity contribution is 7.92. The Labute approximate surface area is 203 Å². The average Bonchev–Trinajstić information content (AvgIpc) is 3.36. The number of para-hydroxylation sites is 1. The number of carbonyl (C=O) groups excluding carboxylic acids is 2. The molecule has 2 amide bonds. The number of anilines is 1. The zero-order valence-electron chi connectivity index (χ0n) is 19.2. The Hall–Kier alpha value is -4.12. The number of amides is 2. The van der Waals surface area contributed by atoms with E-state index in [0.717, 1.165) is 10.6 Å². The Kier molecular flexibility index (Phi) is 8.63. The number of carbonyl (C=O) groups is 2. The van der Waals surface area contributed by atoms with Gasteiger partial charge in [0, 0.05) is 0 Å². The minimum atomic E-state index is -3.70. The Morgan fingerprint density at radius 1 is 1.09 bits per heavy atom. The van der Waals surface area contributed by atoms with E-state index < -0.39 is 22.0 Å². The van der Waals surface area contributed by atoms with E-state index in [-0.39, 0.29) is 19.1 Å². The van der Waals surface area contributed by atoms with Crippen LogP contribution in [0.25, 0.3) is 0 Å². The normalized spacial score (nSPS) is 12.2. The van der Waals surface area contributed by atoms with Crippen LogP contribution in [0.2, 0.25) is 0 Å². The molecule has 35 heavy (non-hydrogen) atoms. The van der Waals surface area contributed by atoms with Crippen molar-refractivity contribution in [1.82, 2.24) is 10.7 Å². The van der Waals surface area contributed by atoms with Gasteiger partial charge in [0.1, 0.15) is 17.6 Å². The molecule has 0 spiro atoms. The van der Waals surface area contributed by atoms with Crippen LogP contribution >= 0.6 is 0 Å². The fourth-order valence-corrected chi connectivity index (χ4v) is 4.27. The lowest BCUT2D eigenvalue weighted by Gasteiger charge is -2.27. The van der Waals surface area contributed by atoms with Gasteiger partial charge in [-0.05, 0) is 61.0 Å². The maximum atomic E-state index is 12.5. The van der Waals surface area contributed by atoms with Crippen molar-refractivity contribution < 1.29 is 27.2 Å². The Balaban J connectivity index is 1.49. The maximum Gasteiger partial charge on any atom is 0.263 e. The zero-order chi connectivity index (χ0) is 25.3. The molecule has 0 saturated heterocycles. The van der Waals surface area contributed by atoms with Crippen molar-refractivity contribution in [2.24, 2.45) is 5.10 Å². The van der Waals surface area contributed by atoms with Crippen molar-refractivity contribution in [1.29, 1.82) is 0 Å². The average molecular weight is 499 g/mol. The SMILES string of the molecule is C[C@H](C(=O)N/N=C\c1ccc(OCC(=O)NCc2ccco2)cc1)N(c1ccccc1)S(C)(=O)=O. The molecule has 2 N–H and O–H groups in total. The fraction of sp³-hybridized carbons (Fsp3) is 0.208. The van der Waals surface area contributed by atoms with Gasteiger partial charge in [0.05, 0.1) is 31.0 Å². The topological polar surface area (TPSA) is 130 Å². The predicted molar refractivity (Wildman–Crippen MR) is 131 cm³/mol. The van der Waals surface area contributed by atoms with Crippen LogP contribution in [0.3, 0.4) is 0 Å². The standard InChI is InChI=1S/C24H26N4O6S/c1-18(28(35(2,31)32)20-7-4-3-5-8-20)24(30)27-26-15-19-10-12-21(13-11-19)34-17-23(29)25-16-22-9-6-14-33-22/h3-15,18H,16-17H2,1-2H3,(H,25,29)(H,27,30)/b26-15-/t18-/m1/s1. The van der Waals surface area contributed by atoms with Crippen molar-refractivity contribution in [3.8, 4) is 5.75 Å². The highest BCUT2D eigenvalue weighted by atomic mass is 32.2. The molecule has 3 aromatic rings. The van der Waals surface area contributed by atoms with Crippen molar-refractivity contribution in [3.63, 3.8) is 0 Å². The number of furan rings is 1. The molecular weight excluding hydrogens is 472 g/mol. The molecule has 0 aliphatic heterocycles. The van der Waals surface area contributed by atoms with Crippen LogP contribution < -0.4 is 19.8 Å². The van der Waals surface area contributed by atoms with E-state index in [1.807, 2.05) is 0 Å². The third-order valence-corrected chi connectivity index (χ3v) is 6.02. The number of benzene rings is 2. The first kappa shape index (κ1) is 25.5. The van der Waals surface area contributed by atoms with Gasteiger partial charge in [0.2, 0.25) is 10.0 Å². The zero-order valence-corrected chi connectivity index (χ0v) is 20.1. The van der Waals surface area contributed by atoms with Crippen molar-refractivity contribution in [3.05, 3.63) is 84.3 Å². The number of sulfonamides is 1. The molecule has 11 heteroatoms. The van der Waals surface area contributed by atoms with E-state index in [2.05, 4.69) is 15.8 Å². The van der Waals surface area contributed by atoms with E-state index in [1.165, 1.54) is 19.4 Å². The van der Waals surface area contributed by atoms with Gasteiger partial charge in [-0.25, -0.2) is 13.8 Å². The van der Waals surface area contributed by atoms with E-state index in [1.54, 1.807) is 66.7 Å². The third kappa shape index (κ3) is 7.71. The summed E-state index contributed by atoms with van der Waals surface area (Å²) in [5.74, 6) is 0.255. The first-order valence-electron chi connectivity index (χ1n) is 10.6. The summed E-state index contributed by atoms with van der Waals surface area (Å²) in [4.78, 5) is 24.4. The molecule has 0 saturated carbocycles. The first-order valence-corrected chi connectivity index (χ1v) is 12.5. The van der Waals surface area contributed by atoms with E-state index in [9.17, 15) is 18.0 Å². The van der Waals surface area contributed by atoms with E-state index in [4.69, 9.17) is 9.15 Å². The number of hydrazone groups is 1. The summed E-state index contributed by atoms with van der Waals surface area (Å²) >= 11 is 0. The summed E-state index contributed by atoms with van der Waals surface area (Å²) in [6.07, 6.45) is 3.99. The summed E-state index contributed by atoms with van der Waals surface area (Å²) in [7, 11) is -3.70. The van der Waals surface area contributed by atoms with Crippen molar-refractivity contribution in [2.45, 2.75) is 19.5 Å². The third-order valence-electron chi connectivity index (χ3n) is 4.78. The second-order valence-electron chi connectivity index (χ2n) is 7.52. The first-order chi connectivity index (χ1) is 16.7. The molecule has 1 aromatic heterocycles. The van der Waals surface area contributed by atoms with Crippen LogP contribution in [-0.4, -0.2) is 45.4 Å². The minimum absolute atomic E-state index is 0.152. The molecule has 10 nitrogen and oxygen atoms in total. The van der Waals surface area contributed by atoms with Crippen LogP contribution in [0.1, 0.15) is 18.2 Å². The van der Waals surface area contributed by atoms with Crippen molar-refractivity contribution in [2.75, 3.05) is 17.2 Å². The van der Waals surface area contributed by atoms with E-state index >= 15 is 0 Å². The smallest absolute Gasteiger partial charge is 0.263 e. The summed E-state index contributed by atoms with van der Waals surface area (Å²) < 4.78 is 36.1. The van der Waals surface area contributed by atoms with Crippen molar-refractivity contribution >= 4 is 33.7 Å². The van der Waals surface area contributed by atoms with Gasteiger partial charge in [0.25, 0.3) is 11.8 Å². The number of hydrogen-bond acceptors (Lipinski definition) is 7. The number of hydrogen-bond donors (Lipinski definition) is 2. The molecule has 2 aromatic carbocycles. The highest BCUT2D eigenvalue weighted by Gasteiger charge is 2.28. The lowest BCUT2D eigenvalue weighted by atomic mass is 10.2. The van der Waals surface area contributed by atoms with Crippen LogP contribution in [0.15, 0.2) is 82.5 Å². The fourth-order valence-electron chi connectivity index (χ4n) is 3.10. The Morgan fingerprint density at radius 3 is 2.43 bits per heavy atom. The van der Waals surface area contributed by atoms with Gasteiger partial charge in [-0.1, -0.05) is 18.2 Å². The Bertz CT molecular complexity index is 1240. The van der Waals surface area contributed by atoms with Gasteiger partial charge in [0.15, 0.2) is 6.61 Å². The maximum absolute atomic E-state index is 12.5. The highest BCUT2D eigenvalue weighted by Crippen LogP contribution is 2.20. The van der Waals surface area contributed by atoms with Crippen LogP contribution in [-0.2, 0) is 26.2 Å². The molecule has 1 heterocycles. The monoisotopic (exact) mass is 498 g/mol. The number of ether oxygens (including phenoxy) is 1. The van der Waals surface area contributed by atoms with Gasteiger partial charge in [-0.15, -0.1) is 0 Å². The van der Waals surface area contributed by atoms with Crippen LogP contribution in [0.5, 0.6) is 5.75 Å². The molecule has 1 atom stereocenters. The molecule has 0 aliphatic rings. The lowest BCUT2D eigenvalue weighted by molar-refractivity contribution is -0.123. The summed E-state index contributed by atoms with van der Waals surface area (Å²) in [6, 6.07) is 17.6. The Morgan fingerprint density at radius 2 is 1.80 bits per heavy atom. The molecule has 0 bridgehead atoms. The number of nitrogens with one attached hydrogen (secondary N) is 2.